The van der Waals surface area contributed by atoms with Gasteiger partial charge in [0.25, 0.3) is 5.91 Å². The van der Waals surface area contributed by atoms with Crippen LogP contribution in [0.25, 0.3) is 11.3 Å². The Morgan fingerprint density at radius 3 is 2.40 bits per heavy atom. The van der Waals surface area contributed by atoms with Gasteiger partial charge in [-0.25, -0.2) is 0 Å². The standard InChI is InChI=1S/C20H18ClN3O/c1-12(2)24-19(14-8-10-15(21)11-9-14)16-17(13-6-4-3-5-7-13)22-23-18(16)20(24)25/h3-12,19H,1-2H3,(H,22,23). The normalized spacial score (nSPS) is 16.6. The number of hydrogen-bond acceptors (Lipinski definition) is 2. The number of fused-ring (bicyclic) bond motifs is 1. The molecular weight excluding hydrogens is 334 g/mol. The van der Waals surface area contributed by atoms with Gasteiger partial charge in [-0.15, -0.1) is 0 Å². The molecule has 126 valence electrons. The fraction of sp³-hybridized carbons (Fsp3) is 0.200. The van der Waals surface area contributed by atoms with E-state index in [4.69, 9.17) is 11.6 Å². The van der Waals surface area contributed by atoms with Gasteiger partial charge in [-0.1, -0.05) is 54.1 Å². The summed E-state index contributed by atoms with van der Waals surface area (Å²) in [6, 6.07) is 17.5. The lowest BCUT2D eigenvalue weighted by Crippen LogP contribution is -2.35. The van der Waals surface area contributed by atoms with E-state index in [-0.39, 0.29) is 18.0 Å². The molecule has 0 radical (unpaired) electrons. The summed E-state index contributed by atoms with van der Waals surface area (Å²) in [5.74, 6) is -0.0142. The first kappa shape index (κ1) is 15.9. The van der Waals surface area contributed by atoms with Crippen LogP contribution in [0, 0.1) is 0 Å². The quantitative estimate of drug-likeness (QED) is 0.744. The highest BCUT2D eigenvalue weighted by molar-refractivity contribution is 6.30. The van der Waals surface area contributed by atoms with Crippen molar-refractivity contribution < 1.29 is 4.79 Å². The molecular formula is C20H18ClN3O. The fourth-order valence-electron chi connectivity index (χ4n) is 3.49. The Labute approximate surface area is 151 Å². The van der Waals surface area contributed by atoms with Gasteiger partial charge in [-0.3, -0.25) is 9.89 Å². The second-order valence-electron chi connectivity index (χ2n) is 6.49. The summed E-state index contributed by atoms with van der Waals surface area (Å²) < 4.78 is 0. The molecule has 0 aliphatic carbocycles. The van der Waals surface area contributed by atoms with Crippen LogP contribution in [0.4, 0.5) is 0 Å². The summed E-state index contributed by atoms with van der Waals surface area (Å²) in [7, 11) is 0. The molecule has 3 aromatic rings. The summed E-state index contributed by atoms with van der Waals surface area (Å²) in [5, 5.41) is 8.09. The molecule has 0 saturated carbocycles. The third-order valence-electron chi connectivity index (χ3n) is 4.59. The van der Waals surface area contributed by atoms with Gasteiger partial charge >= 0.3 is 0 Å². The molecule has 0 bridgehead atoms. The fourth-order valence-corrected chi connectivity index (χ4v) is 3.61. The summed E-state index contributed by atoms with van der Waals surface area (Å²) in [4.78, 5) is 14.9. The molecule has 0 saturated heterocycles. The molecule has 4 rings (SSSR count). The number of carbonyl (C=O) groups excluding carboxylic acids is 1. The molecule has 4 nitrogen and oxygen atoms in total. The number of nitrogens with one attached hydrogen (secondary N) is 1. The minimum atomic E-state index is -0.172. The smallest absolute Gasteiger partial charge is 0.273 e. The maximum atomic E-state index is 13.0. The Kier molecular flexibility index (Phi) is 3.85. The van der Waals surface area contributed by atoms with E-state index in [2.05, 4.69) is 10.2 Å². The van der Waals surface area contributed by atoms with Gasteiger partial charge in [0.15, 0.2) is 0 Å². The molecule has 1 atom stereocenters. The maximum Gasteiger partial charge on any atom is 0.273 e. The Balaban J connectivity index is 1.92. The number of aromatic nitrogens is 2. The molecule has 1 aliphatic rings. The van der Waals surface area contributed by atoms with Gasteiger partial charge in [-0.2, -0.15) is 5.10 Å². The minimum absolute atomic E-state index is 0.0142. The van der Waals surface area contributed by atoms with Crippen LogP contribution < -0.4 is 0 Å². The third-order valence-corrected chi connectivity index (χ3v) is 4.85. The van der Waals surface area contributed by atoms with Crippen LogP contribution in [-0.2, 0) is 0 Å². The zero-order valence-electron chi connectivity index (χ0n) is 14.0. The van der Waals surface area contributed by atoms with Crippen LogP contribution >= 0.6 is 11.6 Å². The highest BCUT2D eigenvalue weighted by Crippen LogP contribution is 2.43. The van der Waals surface area contributed by atoms with E-state index >= 15 is 0 Å². The predicted molar refractivity (Wildman–Crippen MR) is 98.6 cm³/mol. The molecule has 2 heterocycles. The van der Waals surface area contributed by atoms with Crippen LogP contribution in [0.2, 0.25) is 5.02 Å². The van der Waals surface area contributed by atoms with Crippen molar-refractivity contribution in [3.05, 3.63) is 76.4 Å². The Bertz CT molecular complexity index is 916. The SMILES string of the molecule is CC(C)N1C(=O)c2[nH]nc(-c3ccccc3)c2C1c1ccc(Cl)cc1. The molecule has 5 heteroatoms. The zero-order valence-corrected chi connectivity index (χ0v) is 14.8. The lowest BCUT2D eigenvalue weighted by Gasteiger charge is -2.30. The molecule has 2 aromatic carbocycles. The second-order valence-corrected chi connectivity index (χ2v) is 6.92. The molecule has 1 amide bonds. The number of halogens is 1. The van der Waals surface area contributed by atoms with Crippen molar-refractivity contribution in [3.63, 3.8) is 0 Å². The van der Waals surface area contributed by atoms with Crippen molar-refractivity contribution in [2.45, 2.75) is 25.9 Å². The van der Waals surface area contributed by atoms with Crippen LogP contribution in [0.15, 0.2) is 54.6 Å². The van der Waals surface area contributed by atoms with Crippen molar-refractivity contribution in [2.75, 3.05) is 0 Å². The van der Waals surface area contributed by atoms with E-state index in [0.29, 0.717) is 10.7 Å². The number of amides is 1. The van der Waals surface area contributed by atoms with E-state index in [9.17, 15) is 4.79 Å². The van der Waals surface area contributed by atoms with E-state index in [0.717, 1.165) is 22.4 Å². The highest BCUT2D eigenvalue weighted by atomic mass is 35.5. The highest BCUT2D eigenvalue weighted by Gasteiger charge is 2.43. The molecule has 1 aliphatic heterocycles. The van der Waals surface area contributed by atoms with Crippen molar-refractivity contribution in [2.24, 2.45) is 0 Å². The van der Waals surface area contributed by atoms with Gasteiger partial charge in [0.2, 0.25) is 0 Å². The van der Waals surface area contributed by atoms with E-state index < -0.39 is 0 Å². The van der Waals surface area contributed by atoms with Gasteiger partial charge in [0, 0.05) is 22.2 Å². The Morgan fingerprint density at radius 2 is 1.76 bits per heavy atom. The lowest BCUT2D eigenvalue weighted by atomic mass is 9.96. The summed E-state index contributed by atoms with van der Waals surface area (Å²) in [5.41, 5.74) is 4.37. The number of nitrogens with zero attached hydrogens (tertiary/aromatic N) is 2. The first-order valence-electron chi connectivity index (χ1n) is 8.29. The van der Waals surface area contributed by atoms with Crippen LogP contribution in [0.3, 0.4) is 0 Å². The number of benzene rings is 2. The van der Waals surface area contributed by atoms with Gasteiger partial charge in [-0.05, 0) is 31.5 Å². The predicted octanol–water partition coefficient (Wildman–Crippen LogP) is 4.68. The van der Waals surface area contributed by atoms with E-state index in [1.165, 1.54) is 0 Å². The van der Waals surface area contributed by atoms with Crippen LogP contribution in [0.1, 0.15) is 41.5 Å². The minimum Gasteiger partial charge on any atom is -0.324 e. The van der Waals surface area contributed by atoms with Gasteiger partial charge in [0.05, 0.1) is 11.7 Å². The Hall–Kier alpha value is -2.59. The number of carbonyl (C=O) groups is 1. The average molecular weight is 352 g/mol. The topological polar surface area (TPSA) is 49.0 Å². The summed E-state index contributed by atoms with van der Waals surface area (Å²) in [6.45, 7) is 4.06. The number of hydrogen-bond donors (Lipinski definition) is 1. The average Bonchev–Trinajstić information content (AvgIpc) is 3.16. The molecule has 1 N–H and O–H groups in total. The molecule has 1 unspecified atom stereocenters. The second kappa shape index (κ2) is 6.05. The molecule has 25 heavy (non-hydrogen) atoms. The van der Waals surface area contributed by atoms with E-state index in [1.54, 1.807) is 0 Å². The number of aromatic amines is 1. The Morgan fingerprint density at radius 1 is 1.08 bits per heavy atom. The van der Waals surface area contributed by atoms with Crippen molar-refractivity contribution in [1.82, 2.24) is 15.1 Å². The summed E-state index contributed by atoms with van der Waals surface area (Å²) >= 11 is 6.05. The summed E-state index contributed by atoms with van der Waals surface area (Å²) in [6.07, 6.45) is 0. The van der Waals surface area contributed by atoms with Gasteiger partial charge in [0.1, 0.15) is 5.69 Å². The van der Waals surface area contributed by atoms with Crippen LogP contribution in [-0.4, -0.2) is 27.0 Å². The first-order valence-corrected chi connectivity index (χ1v) is 8.67. The third kappa shape index (κ3) is 2.53. The van der Waals surface area contributed by atoms with Crippen LogP contribution in [0.5, 0.6) is 0 Å². The first-order chi connectivity index (χ1) is 12.1. The van der Waals surface area contributed by atoms with Gasteiger partial charge < -0.3 is 4.90 Å². The zero-order chi connectivity index (χ0) is 17.6. The number of H-pyrrole nitrogens is 1. The largest absolute Gasteiger partial charge is 0.324 e. The lowest BCUT2D eigenvalue weighted by molar-refractivity contribution is 0.0688. The maximum absolute atomic E-state index is 13.0. The van der Waals surface area contributed by atoms with Crippen molar-refractivity contribution in [3.8, 4) is 11.3 Å². The molecule has 1 aromatic heterocycles. The van der Waals surface area contributed by atoms with E-state index in [1.807, 2.05) is 73.3 Å². The molecule has 0 fully saturated rings. The van der Waals surface area contributed by atoms with Crippen molar-refractivity contribution in [1.29, 1.82) is 0 Å². The monoisotopic (exact) mass is 351 g/mol. The molecule has 0 spiro atoms. The van der Waals surface area contributed by atoms with Crippen molar-refractivity contribution >= 4 is 17.5 Å². The number of rotatable bonds is 3.